The molecule has 0 aliphatic carbocycles. The second-order valence-corrected chi connectivity index (χ2v) is 8.37. The van der Waals surface area contributed by atoms with Crippen molar-refractivity contribution >= 4 is 25.2 Å². The average molecular weight is 515 g/mol. The molecule has 0 saturated carbocycles. The molecule has 3 heterocycles. The Morgan fingerprint density at radius 2 is 2.11 bits per heavy atom. The number of hydrogen-bond acceptors (Lipinski definition) is 7. The van der Waals surface area contributed by atoms with Crippen molar-refractivity contribution in [3.8, 4) is 11.5 Å². The molecule has 2 aromatic heterocycles. The molecule has 1 fully saturated rings. The minimum Gasteiger partial charge on any atom is -0.476 e. The maximum Gasteiger partial charge on any atom is 0.395 e. The van der Waals surface area contributed by atoms with Gasteiger partial charge in [0, 0.05) is 13.7 Å². The van der Waals surface area contributed by atoms with Crippen molar-refractivity contribution in [1.29, 1.82) is 0 Å². The quantitative estimate of drug-likeness (QED) is 0.226. The maximum absolute atomic E-state index is 14.2. The van der Waals surface area contributed by atoms with Crippen molar-refractivity contribution in [3.63, 3.8) is 0 Å². The number of benzene rings is 1. The predicted molar refractivity (Wildman–Crippen MR) is 129 cm³/mol. The molecule has 1 radical (unpaired) electrons. The number of anilines is 1. The van der Waals surface area contributed by atoms with E-state index in [1.165, 1.54) is 25.6 Å². The van der Waals surface area contributed by atoms with E-state index in [0.717, 1.165) is 31.0 Å². The summed E-state index contributed by atoms with van der Waals surface area (Å²) in [5, 5.41) is 19.6. The molecule has 195 valence electrons. The van der Waals surface area contributed by atoms with Gasteiger partial charge >= 0.3 is 13.6 Å². The Morgan fingerprint density at radius 1 is 1.32 bits per heavy atom. The number of amides is 1. The fraction of sp³-hybridized carbons (Fsp3) is 0.391. The molecule has 4 rings (SSSR count). The number of aromatic nitrogens is 4. The highest BCUT2D eigenvalue weighted by Crippen LogP contribution is 2.31. The number of aryl methyl sites for hydroxylation is 1. The van der Waals surface area contributed by atoms with E-state index >= 15 is 0 Å². The van der Waals surface area contributed by atoms with Gasteiger partial charge in [-0.25, -0.2) is 23.2 Å². The number of carbonyl (C=O) groups excluding carboxylic acids is 1. The normalized spacial score (nSPS) is 15.5. The number of imidazole rings is 1. The van der Waals surface area contributed by atoms with Gasteiger partial charge in [-0.3, -0.25) is 4.79 Å². The Bertz CT molecular complexity index is 1240. The molecule has 1 unspecified atom stereocenters. The van der Waals surface area contributed by atoms with Crippen molar-refractivity contribution in [2.45, 2.75) is 38.3 Å². The molecule has 1 aliphatic rings. The highest BCUT2D eigenvalue weighted by atomic mass is 19.1. The van der Waals surface area contributed by atoms with Crippen LogP contribution in [0.15, 0.2) is 24.4 Å². The van der Waals surface area contributed by atoms with E-state index in [-0.39, 0.29) is 22.9 Å². The second-order valence-electron chi connectivity index (χ2n) is 8.37. The summed E-state index contributed by atoms with van der Waals surface area (Å²) in [5.41, 5.74) is -0.370. The van der Waals surface area contributed by atoms with Crippen LogP contribution in [-0.4, -0.2) is 64.6 Å². The third-order valence-corrected chi connectivity index (χ3v) is 5.78. The van der Waals surface area contributed by atoms with Gasteiger partial charge < -0.3 is 30.0 Å². The summed E-state index contributed by atoms with van der Waals surface area (Å²) < 4.78 is 40.5. The minimum absolute atomic E-state index is 0.0858. The number of aromatic amines is 1. The lowest BCUT2D eigenvalue weighted by Gasteiger charge is -2.22. The van der Waals surface area contributed by atoms with Gasteiger partial charge in [-0.2, -0.15) is 5.10 Å². The molecule has 1 aromatic carbocycles. The number of halogens is 2. The van der Waals surface area contributed by atoms with Gasteiger partial charge in [-0.05, 0) is 50.8 Å². The Labute approximate surface area is 211 Å². The maximum atomic E-state index is 14.2. The second kappa shape index (κ2) is 12.1. The van der Waals surface area contributed by atoms with Gasteiger partial charge in [0.15, 0.2) is 17.2 Å². The summed E-state index contributed by atoms with van der Waals surface area (Å²) >= 11 is 0. The highest BCUT2D eigenvalue weighted by molar-refractivity contribution is 6.23. The van der Waals surface area contributed by atoms with Crippen molar-refractivity contribution in [2.75, 3.05) is 25.6 Å². The monoisotopic (exact) mass is 515 g/mol. The molecular weight excluding hydrogens is 489 g/mol. The molecule has 14 heteroatoms. The highest BCUT2D eigenvalue weighted by Gasteiger charge is 2.26. The number of aromatic carboxylic acids is 1. The van der Waals surface area contributed by atoms with E-state index in [4.69, 9.17) is 9.39 Å². The summed E-state index contributed by atoms with van der Waals surface area (Å²) in [6.07, 6.45) is 4.47. The Balaban J connectivity index is 1.67. The molecule has 1 amide bonds. The number of nitrogens with one attached hydrogen (secondary N) is 3. The Morgan fingerprint density at radius 3 is 2.78 bits per heavy atom. The minimum atomic E-state index is -1.23. The number of ether oxygens (including phenoxy) is 1. The topological polar surface area (TPSA) is 143 Å². The standard InChI is InChI=1S/C23H26BF2N6O5/c1-36-24-27-10-5-8-15-20(23(34)35)30-21(28-15)19-16(12-32(31-19)17-9-2-3-11-37-17)29-22(33)18-13(25)6-4-7-14(18)26/h4,6-7,12,17,27H,2-3,5,8-11H2,1H3,(H,28,30)(H,29,33)(H,34,35). The molecular formula is C23H26BF2N6O5. The lowest BCUT2D eigenvalue weighted by Crippen LogP contribution is -2.22. The van der Waals surface area contributed by atoms with Crippen LogP contribution in [0.3, 0.4) is 0 Å². The van der Waals surface area contributed by atoms with E-state index in [1.54, 1.807) is 0 Å². The van der Waals surface area contributed by atoms with E-state index in [2.05, 4.69) is 25.6 Å². The lowest BCUT2D eigenvalue weighted by molar-refractivity contribution is -0.0393. The van der Waals surface area contributed by atoms with Crippen LogP contribution >= 0.6 is 0 Å². The van der Waals surface area contributed by atoms with Gasteiger partial charge in [-0.1, -0.05) is 6.07 Å². The first kappa shape index (κ1) is 26.4. The van der Waals surface area contributed by atoms with Crippen molar-refractivity contribution < 1.29 is 32.9 Å². The summed E-state index contributed by atoms with van der Waals surface area (Å²) in [5.74, 6) is -4.21. The number of carbonyl (C=O) groups is 2. The first-order valence-corrected chi connectivity index (χ1v) is 11.8. The first-order chi connectivity index (χ1) is 17.9. The number of carboxylic acids is 1. The Hall–Kier alpha value is -3.62. The van der Waals surface area contributed by atoms with Crippen LogP contribution in [0.4, 0.5) is 14.5 Å². The fourth-order valence-corrected chi connectivity index (χ4v) is 4.03. The van der Waals surface area contributed by atoms with Crippen molar-refractivity contribution in [1.82, 2.24) is 25.0 Å². The zero-order valence-corrected chi connectivity index (χ0v) is 20.1. The SMILES string of the molecule is CO[B]NCCCc1[nH]c(-c2nn(C3CCCCO3)cc2NC(=O)c2c(F)cccc2F)nc1C(=O)O. The molecule has 1 aliphatic heterocycles. The van der Waals surface area contributed by atoms with E-state index in [9.17, 15) is 23.5 Å². The summed E-state index contributed by atoms with van der Waals surface area (Å²) in [4.78, 5) is 31.9. The van der Waals surface area contributed by atoms with Crippen LogP contribution < -0.4 is 10.5 Å². The zero-order valence-electron chi connectivity index (χ0n) is 20.1. The fourth-order valence-electron chi connectivity index (χ4n) is 4.03. The zero-order chi connectivity index (χ0) is 26.4. The summed E-state index contributed by atoms with van der Waals surface area (Å²) in [6, 6.07) is 3.12. The number of hydrogen-bond donors (Lipinski definition) is 4. The number of rotatable bonds is 11. The lowest BCUT2D eigenvalue weighted by atomic mass is 10.1. The third-order valence-electron chi connectivity index (χ3n) is 5.78. The Kier molecular flexibility index (Phi) is 8.64. The first-order valence-electron chi connectivity index (χ1n) is 11.8. The molecule has 1 saturated heterocycles. The van der Waals surface area contributed by atoms with Crippen LogP contribution in [0, 0.1) is 11.6 Å². The molecule has 11 nitrogen and oxygen atoms in total. The average Bonchev–Trinajstić information content (AvgIpc) is 3.49. The van der Waals surface area contributed by atoms with Crippen LogP contribution in [0.1, 0.15) is 58.5 Å². The van der Waals surface area contributed by atoms with E-state index in [0.29, 0.717) is 38.1 Å². The summed E-state index contributed by atoms with van der Waals surface area (Å²) in [7, 11) is 2.93. The van der Waals surface area contributed by atoms with Gasteiger partial charge in [0.25, 0.3) is 5.91 Å². The van der Waals surface area contributed by atoms with Crippen molar-refractivity contribution in [3.05, 3.63) is 53.0 Å². The molecule has 4 N–H and O–H groups in total. The van der Waals surface area contributed by atoms with Gasteiger partial charge in [0.1, 0.15) is 23.4 Å². The van der Waals surface area contributed by atoms with E-state index < -0.39 is 35.3 Å². The van der Waals surface area contributed by atoms with E-state index in [1.807, 2.05) is 0 Å². The largest absolute Gasteiger partial charge is 0.476 e. The smallest absolute Gasteiger partial charge is 0.395 e. The van der Waals surface area contributed by atoms with Crippen LogP contribution in [0.2, 0.25) is 0 Å². The molecule has 37 heavy (non-hydrogen) atoms. The van der Waals surface area contributed by atoms with Crippen molar-refractivity contribution in [2.24, 2.45) is 0 Å². The van der Waals surface area contributed by atoms with Gasteiger partial charge in [0.2, 0.25) is 0 Å². The number of nitrogens with zero attached hydrogens (tertiary/aromatic N) is 3. The number of H-pyrrole nitrogens is 1. The van der Waals surface area contributed by atoms with Crippen LogP contribution in [0.25, 0.3) is 11.5 Å². The molecule has 3 aromatic rings. The van der Waals surface area contributed by atoms with Crippen LogP contribution in [0.5, 0.6) is 0 Å². The predicted octanol–water partition coefficient (Wildman–Crippen LogP) is 2.90. The summed E-state index contributed by atoms with van der Waals surface area (Å²) in [6.45, 7) is 1.06. The number of carboxylic acid groups (broad SMARTS) is 1. The third kappa shape index (κ3) is 6.21. The van der Waals surface area contributed by atoms with Crippen LogP contribution in [-0.2, 0) is 15.8 Å². The molecule has 0 spiro atoms. The molecule has 1 atom stereocenters. The van der Waals surface area contributed by atoms with Gasteiger partial charge in [0.05, 0.1) is 17.6 Å². The van der Waals surface area contributed by atoms with Gasteiger partial charge in [-0.15, -0.1) is 0 Å². The molecule has 0 bridgehead atoms.